The van der Waals surface area contributed by atoms with Crippen LogP contribution in [-0.4, -0.2) is 27.3 Å². The highest BCUT2D eigenvalue weighted by molar-refractivity contribution is 6.30. The molecule has 8 heteroatoms. The maximum absolute atomic E-state index is 13.5. The zero-order valence-corrected chi connectivity index (χ0v) is 19.6. The van der Waals surface area contributed by atoms with Crippen LogP contribution < -0.4 is 10.6 Å². The highest BCUT2D eigenvalue weighted by Crippen LogP contribution is 2.38. The molecule has 174 valence electrons. The molecule has 3 aromatic carbocycles. The van der Waals surface area contributed by atoms with Gasteiger partial charge in [-0.1, -0.05) is 60.1 Å². The van der Waals surface area contributed by atoms with Crippen LogP contribution in [0.2, 0.25) is 5.02 Å². The molecule has 0 spiro atoms. The number of aliphatic imine (C=N–C) groups is 1. The predicted octanol–water partition coefficient (Wildman–Crippen LogP) is 5.74. The van der Waals surface area contributed by atoms with E-state index < -0.39 is 12.0 Å². The summed E-state index contributed by atoms with van der Waals surface area (Å²) in [6.07, 6.45) is 1.50. The van der Waals surface area contributed by atoms with Gasteiger partial charge in [-0.2, -0.15) is 5.10 Å². The summed E-state index contributed by atoms with van der Waals surface area (Å²) >= 11 is 5.98. The number of fused-ring (bicyclic) bond motifs is 1. The van der Waals surface area contributed by atoms with Crippen LogP contribution in [0.15, 0.2) is 96.1 Å². The lowest BCUT2D eigenvalue weighted by atomic mass is 9.87. The molecule has 0 radical (unpaired) electrons. The van der Waals surface area contributed by atoms with Crippen molar-refractivity contribution in [2.75, 3.05) is 10.6 Å². The summed E-state index contributed by atoms with van der Waals surface area (Å²) in [7, 11) is 0. The minimum Gasteiger partial charge on any atom is -0.325 e. The fourth-order valence-electron chi connectivity index (χ4n) is 4.23. The van der Waals surface area contributed by atoms with Crippen molar-refractivity contribution >= 4 is 46.3 Å². The molecule has 5 rings (SSSR count). The highest BCUT2D eigenvalue weighted by Gasteiger charge is 2.39. The number of aromatic nitrogens is 2. The number of benzene rings is 3. The van der Waals surface area contributed by atoms with Crippen LogP contribution in [0.4, 0.5) is 17.2 Å². The molecule has 7 nitrogen and oxygen atoms in total. The molecule has 4 aromatic rings. The number of amides is 2. The second-order valence-corrected chi connectivity index (χ2v) is 8.67. The summed E-state index contributed by atoms with van der Waals surface area (Å²) in [4.78, 5) is 31.2. The molecule has 35 heavy (non-hydrogen) atoms. The van der Waals surface area contributed by atoms with E-state index in [0.29, 0.717) is 33.5 Å². The average Bonchev–Trinajstić information content (AvgIpc) is 3.29. The first-order valence-electron chi connectivity index (χ1n) is 11.1. The van der Waals surface area contributed by atoms with Crippen LogP contribution in [0.5, 0.6) is 0 Å². The Morgan fingerprint density at radius 3 is 2.17 bits per heavy atom. The quantitative estimate of drug-likeness (QED) is 0.379. The SMILES string of the molecule is CC1=Nc2c(C(=O)Nc3ccccc3)cnn2C(c2ccccc2)C1C(=O)Nc1ccc(Cl)cc1. The van der Waals surface area contributed by atoms with Gasteiger partial charge in [-0.15, -0.1) is 0 Å². The fourth-order valence-corrected chi connectivity index (χ4v) is 4.35. The first-order valence-corrected chi connectivity index (χ1v) is 11.5. The number of carbonyl (C=O) groups excluding carboxylic acids is 2. The van der Waals surface area contributed by atoms with Gasteiger partial charge in [0, 0.05) is 22.1 Å². The lowest BCUT2D eigenvalue weighted by molar-refractivity contribution is -0.118. The zero-order chi connectivity index (χ0) is 24.4. The van der Waals surface area contributed by atoms with E-state index in [1.165, 1.54) is 6.20 Å². The molecule has 0 saturated carbocycles. The van der Waals surface area contributed by atoms with Crippen molar-refractivity contribution in [2.45, 2.75) is 13.0 Å². The molecule has 2 N–H and O–H groups in total. The van der Waals surface area contributed by atoms with Gasteiger partial charge in [0.2, 0.25) is 5.91 Å². The Kier molecular flexibility index (Phi) is 6.16. The predicted molar refractivity (Wildman–Crippen MR) is 138 cm³/mol. The molecule has 2 atom stereocenters. The molecule has 0 bridgehead atoms. The van der Waals surface area contributed by atoms with Gasteiger partial charge in [0.05, 0.1) is 12.2 Å². The molecule has 0 aliphatic carbocycles. The molecule has 2 amide bonds. The summed E-state index contributed by atoms with van der Waals surface area (Å²) in [6.45, 7) is 1.80. The van der Waals surface area contributed by atoms with Gasteiger partial charge >= 0.3 is 0 Å². The van der Waals surface area contributed by atoms with Crippen LogP contribution >= 0.6 is 11.6 Å². The fraction of sp³-hybridized carbons (Fsp3) is 0.111. The van der Waals surface area contributed by atoms with Gasteiger partial charge in [-0.3, -0.25) is 9.59 Å². The summed E-state index contributed by atoms with van der Waals surface area (Å²) in [5, 5.41) is 10.9. The van der Waals surface area contributed by atoms with Gasteiger partial charge < -0.3 is 10.6 Å². The van der Waals surface area contributed by atoms with E-state index in [-0.39, 0.29) is 11.8 Å². The number of carbonyl (C=O) groups is 2. The Balaban J connectivity index is 1.52. The summed E-state index contributed by atoms with van der Waals surface area (Å²) in [6, 6.07) is 25.3. The standard InChI is InChI=1S/C27H22ClN5O2/c1-17-23(27(35)32-21-14-12-19(28)13-15-21)24(18-8-4-2-5-9-18)33-25(30-17)22(16-29-33)26(34)31-20-10-6-3-7-11-20/h2-16,23-24H,1H3,(H,31,34)(H,32,35). The number of anilines is 2. The number of hydrogen-bond acceptors (Lipinski definition) is 4. The van der Waals surface area contributed by atoms with E-state index >= 15 is 0 Å². The monoisotopic (exact) mass is 483 g/mol. The van der Waals surface area contributed by atoms with Crippen molar-refractivity contribution < 1.29 is 9.59 Å². The van der Waals surface area contributed by atoms with Crippen molar-refractivity contribution in [2.24, 2.45) is 10.9 Å². The first kappa shape index (κ1) is 22.6. The summed E-state index contributed by atoms with van der Waals surface area (Å²) in [5.74, 6) is -0.755. The Morgan fingerprint density at radius 2 is 1.49 bits per heavy atom. The normalized spacial score (nSPS) is 16.7. The summed E-state index contributed by atoms with van der Waals surface area (Å²) in [5.41, 5.74) is 3.12. The molecule has 1 aliphatic heterocycles. The van der Waals surface area contributed by atoms with E-state index in [9.17, 15) is 9.59 Å². The lowest BCUT2D eigenvalue weighted by Gasteiger charge is -2.31. The van der Waals surface area contributed by atoms with Crippen LogP contribution in [0.1, 0.15) is 28.9 Å². The first-order chi connectivity index (χ1) is 17.0. The van der Waals surface area contributed by atoms with Crippen LogP contribution in [-0.2, 0) is 4.79 Å². The highest BCUT2D eigenvalue weighted by atomic mass is 35.5. The third kappa shape index (κ3) is 4.58. The smallest absolute Gasteiger partial charge is 0.261 e. The Hall–Kier alpha value is -4.23. The average molecular weight is 484 g/mol. The number of nitrogens with one attached hydrogen (secondary N) is 2. The van der Waals surface area contributed by atoms with E-state index in [0.717, 1.165) is 5.56 Å². The van der Waals surface area contributed by atoms with Crippen LogP contribution in [0.3, 0.4) is 0 Å². The molecule has 0 fully saturated rings. The van der Waals surface area contributed by atoms with Gasteiger partial charge in [0.1, 0.15) is 11.5 Å². The number of nitrogens with zero attached hydrogens (tertiary/aromatic N) is 3. The maximum atomic E-state index is 13.5. The largest absolute Gasteiger partial charge is 0.325 e. The number of para-hydroxylation sites is 1. The van der Waals surface area contributed by atoms with Crippen molar-refractivity contribution in [3.05, 3.63) is 107 Å². The Bertz CT molecular complexity index is 1400. The molecule has 2 unspecified atom stereocenters. The Labute approximate surface area is 207 Å². The second-order valence-electron chi connectivity index (χ2n) is 8.23. The minimum atomic E-state index is -0.634. The van der Waals surface area contributed by atoms with E-state index in [1.807, 2.05) is 60.7 Å². The molecule has 2 heterocycles. The van der Waals surface area contributed by atoms with Gasteiger partial charge in [-0.25, -0.2) is 9.67 Å². The van der Waals surface area contributed by atoms with Crippen molar-refractivity contribution in [3.8, 4) is 0 Å². The number of rotatable bonds is 5. The third-order valence-electron chi connectivity index (χ3n) is 5.89. The van der Waals surface area contributed by atoms with E-state index in [2.05, 4.69) is 20.7 Å². The number of halogens is 1. The minimum absolute atomic E-state index is 0.223. The molecule has 1 aromatic heterocycles. The van der Waals surface area contributed by atoms with Crippen LogP contribution in [0, 0.1) is 5.92 Å². The summed E-state index contributed by atoms with van der Waals surface area (Å²) < 4.78 is 1.66. The second kappa shape index (κ2) is 9.56. The van der Waals surface area contributed by atoms with Gasteiger partial charge in [-0.05, 0) is 48.9 Å². The topological polar surface area (TPSA) is 88.4 Å². The molecular weight excluding hydrogens is 462 g/mol. The van der Waals surface area contributed by atoms with Gasteiger partial charge in [0.25, 0.3) is 5.91 Å². The van der Waals surface area contributed by atoms with Crippen LogP contribution in [0.25, 0.3) is 0 Å². The van der Waals surface area contributed by atoms with Crippen molar-refractivity contribution in [1.82, 2.24) is 9.78 Å². The van der Waals surface area contributed by atoms with Gasteiger partial charge in [0.15, 0.2) is 5.82 Å². The Morgan fingerprint density at radius 1 is 0.857 bits per heavy atom. The van der Waals surface area contributed by atoms with E-state index in [4.69, 9.17) is 11.6 Å². The van der Waals surface area contributed by atoms with E-state index in [1.54, 1.807) is 35.9 Å². The lowest BCUT2D eigenvalue weighted by Crippen LogP contribution is -2.39. The zero-order valence-electron chi connectivity index (χ0n) is 18.9. The molecule has 0 saturated heterocycles. The van der Waals surface area contributed by atoms with Crippen molar-refractivity contribution in [3.63, 3.8) is 0 Å². The third-order valence-corrected chi connectivity index (χ3v) is 6.14. The maximum Gasteiger partial charge on any atom is 0.261 e. The number of hydrogen-bond donors (Lipinski definition) is 2. The molecular formula is C27H22ClN5O2. The molecule has 1 aliphatic rings. The van der Waals surface area contributed by atoms with Crippen molar-refractivity contribution in [1.29, 1.82) is 0 Å².